The maximum atomic E-state index is 11.2. The predicted molar refractivity (Wildman–Crippen MR) is 59.5 cm³/mol. The molecule has 1 amide bonds. The van der Waals surface area contributed by atoms with E-state index in [4.69, 9.17) is 0 Å². The molecule has 0 saturated heterocycles. The van der Waals surface area contributed by atoms with Gasteiger partial charge >= 0.3 is 11.9 Å². The molecular weight excluding hydrogens is 262 g/mol. The first kappa shape index (κ1) is 11.7. The first-order valence-electron chi connectivity index (χ1n) is 4.20. The second-order valence-electron chi connectivity index (χ2n) is 2.93. The van der Waals surface area contributed by atoms with E-state index in [0.29, 0.717) is 5.69 Å². The number of nitrogens with one attached hydrogen (secondary N) is 1. The van der Waals surface area contributed by atoms with E-state index in [1.807, 2.05) is 19.1 Å². The summed E-state index contributed by atoms with van der Waals surface area (Å²) in [5, 5.41) is 2.43. The fraction of sp³-hybridized carbons (Fsp3) is 0.200. The highest BCUT2D eigenvalue weighted by atomic mass is 79.9. The van der Waals surface area contributed by atoms with Gasteiger partial charge in [0.15, 0.2) is 0 Å². The smallest absolute Gasteiger partial charge is 0.396 e. The van der Waals surface area contributed by atoms with E-state index >= 15 is 0 Å². The van der Waals surface area contributed by atoms with Crippen LogP contribution in [0.1, 0.15) is 5.56 Å². The molecule has 0 heterocycles. The van der Waals surface area contributed by atoms with E-state index in [2.05, 4.69) is 26.0 Å². The molecule has 80 valence electrons. The van der Waals surface area contributed by atoms with Crippen molar-refractivity contribution in [1.82, 2.24) is 0 Å². The lowest BCUT2D eigenvalue weighted by atomic mass is 10.2. The molecule has 0 unspecified atom stereocenters. The van der Waals surface area contributed by atoms with Crippen molar-refractivity contribution in [2.45, 2.75) is 6.92 Å². The molecule has 0 bridgehead atoms. The highest BCUT2D eigenvalue weighted by molar-refractivity contribution is 9.10. The molecule has 1 aromatic carbocycles. The quantitative estimate of drug-likeness (QED) is 0.627. The average Bonchev–Trinajstić information content (AvgIpc) is 2.20. The van der Waals surface area contributed by atoms with Crippen LogP contribution in [0.3, 0.4) is 0 Å². The normalized spacial score (nSPS) is 9.53. The fourth-order valence-corrected chi connectivity index (χ4v) is 1.58. The minimum absolute atomic E-state index is 0.538. The maximum Gasteiger partial charge on any atom is 0.396 e. The molecule has 0 aliphatic rings. The van der Waals surface area contributed by atoms with Crippen LogP contribution in [0.2, 0.25) is 0 Å². The molecule has 0 aromatic heterocycles. The summed E-state index contributed by atoms with van der Waals surface area (Å²) in [5.74, 6) is -1.70. The lowest BCUT2D eigenvalue weighted by Crippen LogP contribution is -2.23. The Morgan fingerprint density at radius 3 is 2.60 bits per heavy atom. The molecule has 0 radical (unpaired) electrons. The summed E-state index contributed by atoms with van der Waals surface area (Å²) in [4.78, 5) is 22.0. The number of amides is 1. The number of anilines is 1. The lowest BCUT2D eigenvalue weighted by molar-refractivity contribution is -0.150. The lowest BCUT2D eigenvalue weighted by Gasteiger charge is -2.06. The van der Waals surface area contributed by atoms with Gasteiger partial charge in [0.2, 0.25) is 0 Å². The minimum atomic E-state index is -0.914. The third kappa shape index (κ3) is 3.06. The molecule has 5 heteroatoms. The topological polar surface area (TPSA) is 55.4 Å². The molecule has 0 fully saturated rings. The highest BCUT2D eigenvalue weighted by Crippen LogP contribution is 2.23. The molecule has 0 saturated carbocycles. The van der Waals surface area contributed by atoms with Gasteiger partial charge < -0.3 is 10.1 Å². The molecule has 0 aliphatic heterocycles. The summed E-state index contributed by atoms with van der Waals surface area (Å²) in [6.45, 7) is 1.93. The first-order chi connectivity index (χ1) is 7.04. The summed E-state index contributed by atoms with van der Waals surface area (Å²) >= 11 is 3.28. The molecule has 0 aliphatic carbocycles. The van der Waals surface area contributed by atoms with Crippen molar-refractivity contribution in [3.8, 4) is 0 Å². The van der Waals surface area contributed by atoms with Crippen molar-refractivity contribution >= 4 is 33.5 Å². The summed E-state index contributed by atoms with van der Waals surface area (Å²) in [5.41, 5.74) is 1.59. The van der Waals surface area contributed by atoms with Crippen molar-refractivity contribution in [3.63, 3.8) is 0 Å². The molecular formula is C10H10BrNO3. The maximum absolute atomic E-state index is 11.2. The number of aryl methyl sites for hydroxylation is 1. The van der Waals surface area contributed by atoms with E-state index in [1.165, 1.54) is 0 Å². The number of rotatable bonds is 1. The van der Waals surface area contributed by atoms with Crippen LogP contribution >= 0.6 is 15.9 Å². The number of carbonyl (C=O) groups is 2. The van der Waals surface area contributed by atoms with Gasteiger partial charge in [0.1, 0.15) is 0 Å². The molecule has 1 rings (SSSR count). The van der Waals surface area contributed by atoms with Crippen LogP contribution in [0.25, 0.3) is 0 Å². The Labute approximate surface area is 95.7 Å². The Kier molecular flexibility index (Phi) is 3.85. The van der Waals surface area contributed by atoms with Crippen LogP contribution in [-0.2, 0) is 14.3 Å². The molecule has 1 N–H and O–H groups in total. The number of esters is 1. The summed E-state index contributed by atoms with van der Waals surface area (Å²) in [6.07, 6.45) is 0. The predicted octanol–water partition coefficient (Wildman–Crippen LogP) is 1.87. The second-order valence-corrected chi connectivity index (χ2v) is 3.78. The van der Waals surface area contributed by atoms with Gasteiger partial charge in [-0.05, 0) is 40.5 Å². The Morgan fingerprint density at radius 2 is 2.07 bits per heavy atom. The highest BCUT2D eigenvalue weighted by Gasteiger charge is 2.14. The van der Waals surface area contributed by atoms with Crippen molar-refractivity contribution in [3.05, 3.63) is 28.2 Å². The third-order valence-electron chi connectivity index (χ3n) is 1.74. The minimum Gasteiger partial charge on any atom is -0.462 e. The summed E-state index contributed by atoms with van der Waals surface area (Å²) in [6, 6.07) is 5.38. The van der Waals surface area contributed by atoms with Gasteiger partial charge in [0.05, 0.1) is 12.8 Å². The number of hydrogen-bond acceptors (Lipinski definition) is 3. The van der Waals surface area contributed by atoms with Crippen LogP contribution in [-0.4, -0.2) is 19.0 Å². The standard InChI is InChI=1S/C10H10BrNO3/c1-6-3-4-8(7(11)5-6)12-9(13)10(14)15-2/h3-5H,1-2H3,(H,12,13). The zero-order valence-corrected chi connectivity index (χ0v) is 9.92. The average molecular weight is 272 g/mol. The van der Waals surface area contributed by atoms with E-state index in [1.54, 1.807) is 6.07 Å². The molecule has 4 nitrogen and oxygen atoms in total. The van der Waals surface area contributed by atoms with Gasteiger partial charge in [-0.2, -0.15) is 0 Å². The van der Waals surface area contributed by atoms with E-state index in [9.17, 15) is 9.59 Å². The number of benzene rings is 1. The SMILES string of the molecule is COC(=O)C(=O)Nc1ccc(C)cc1Br. The number of hydrogen-bond donors (Lipinski definition) is 1. The monoisotopic (exact) mass is 271 g/mol. The Morgan fingerprint density at radius 1 is 1.40 bits per heavy atom. The number of carbonyl (C=O) groups excluding carboxylic acids is 2. The van der Waals surface area contributed by atoms with Crippen molar-refractivity contribution in [2.24, 2.45) is 0 Å². The fourth-order valence-electron chi connectivity index (χ4n) is 0.988. The summed E-state index contributed by atoms with van der Waals surface area (Å²) < 4.78 is 5.00. The van der Waals surface area contributed by atoms with Crippen molar-refractivity contribution in [1.29, 1.82) is 0 Å². The Bertz CT molecular complexity index is 404. The second kappa shape index (κ2) is 4.93. The Balaban J connectivity index is 2.81. The van der Waals surface area contributed by atoms with Crippen LogP contribution in [0.5, 0.6) is 0 Å². The van der Waals surface area contributed by atoms with Gasteiger partial charge in [-0.15, -0.1) is 0 Å². The van der Waals surface area contributed by atoms with Crippen LogP contribution in [0.15, 0.2) is 22.7 Å². The van der Waals surface area contributed by atoms with Gasteiger partial charge in [0, 0.05) is 4.47 Å². The van der Waals surface area contributed by atoms with Crippen molar-refractivity contribution < 1.29 is 14.3 Å². The van der Waals surface area contributed by atoms with Gasteiger partial charge in [-0.25, -0.2) is 4.79 Å². The number of halogens is 1. The Hall–Kier alpha value is -1.36. The van der Waals surface area contributed by atoms with Gasteiger partial charge in [-0.1, -0.05) is 6.07 Å². The van der Waals surface area contributed by atoms with Crippen molar-refractivity contribution in [2.75, 3.05) is 12.4 Å². The third-order valence-corrected chi connectivity index (χ3v) is 2.40. The molecule has 0 atom stereocenters. The largest absolute Gasteiger partial charge is 0.462 e. The molecule has 0 spiro atoms. The first-order valence-corrected chi connectivity index (χ1v) is 4.99. The van der Waals surface area contributed by atoms with Crippen LogP contribution in [0, 0.1) is 6.92 Å². The number of ether oxygens (including phenoxy) is 1. The zero-order chi connectivity index (χ0) is 11.4. The zero-order valence-electron chi connectivity index (χ0n) is 8.33. The number of methoxy groups -OCH3 is 1. The van der Waals surface area contributed by atoms with E-state index in [-0.39, 0.29) is 0 Å². The molecule has 15 heavy (non-hydrogen) atoms. The van der Waals surface area contributed by atoms with Crippen LogP contribution in [0.4, 0.5) is 5.69 Å². The van der Waals surface area contributed by atoms with E-state index in [0.717, 1.165) is 17.1 Å². The molecule has 1 aromatic rings. The van der Waals surface area contributed by atoms with E-state index < -0.39 is 11.9 Å². The summed E-state index contributed by atoms with van der Waals surface area (Å²) in [7, 11) is 1.16. The van der Waals surface area contributed by atoms with Crippen LogP contribution < -0.4 is 5.32 Å². The van der Waals surface area contributed by atoms with Gasteiger partial charge in [0.25, 0.3) is 0 Å². The van der Waals surface area contributed by atoms with Gasteiger partial charge in [-0.3, -0.25) is 4.79 Å².